The summed E-state index contributed by atoms with van der Waals surface area (Å²) in [7, 11) is 0. The SMILES string of the molecule is Cc1ccc(OCC(=O)NC(=S)Nc2ccc(Cc3nc4cc(Cl)cc(Cl)c4o3)cc2)cc1C. The van der Waals surface area contributed by atoms with Gasteiger partial charge in [-0.3, -0.25) is 10.1 Å². The van der Waals surface area contributed by atoms with Gasteiger partial charge in [0.1, 0.15) is 11.3 Å². The van der Waals surface area contributed by atoms with Crippen molar-refractivity contribution in [2.24, 2.45) is 0 Å². The van der Waals surface area contributed by atoms with Crippen LogP contribution in [-0.2, 0) is 11.2 Å². The molecule has 1 heterocycles. The molecule has 4 rings (SSSR count). The number of rotatable bonds is 6. The van der Waals surface area contributed by atoms with Gasteiger partial charge in [-0.2, -0.15) is 0 Å². The van der Waals surface area contributed by atoms with Crippen LogP contribution in [0.5, 0.6) is 5.75 Å². The van der Waals surface area contributed by atoms with Gasteiger partial charge in [-0.1, -0.05) is 41.4 Å². The van der Waals surface area contributed by atoms with Gasteiger partial charge in [0.25, 0.3) is 5.91 Å². The summed E-state index contributed by atoms with van der Waals surface area (Å²) in [6.45, 7) is 3.87. The third-order valence-electron chi connectivity index (χ3n) is 5.12. The number of hydrogen-bond acceptors (Lipinski definition) is 5. The molecule has 0 fully saturated rings. The van der Waals surface area contributed by atoms with Crippen molar-refractivity contribution in [1.82, 2.24) is 10.3 Å². The first-order chi connectivity index (χ1) is 16.3. The number of ether oxygens (including phenoxy) is 1. The van der Waals surface area contributed by atoms with Gasteiger partial charge in [0.05, 0.1) is 5.02 Å². The second-order valence-corrected chi connectivity index (χ2v) is 9.01. The van der Waals surface area contributed by atoms with Gasteiger partial charge in [0.2, 0.25) is 0 Å². The number of aromatic nitrogens is 1. The molecule has 0 aliphatic carbocycles. The van der Waals surface area contributed by atoms with E-state index < -0.39 is 0 Å². The highest BCUT2D eigenvalue weighted by Crippen LogP contribution is 2.29. The summed E-state index contributed by atoms with van der Waals surface area (Å²) >= 11 is 17.4. The molecule has 1 aromatic heterocycles. The Morgan fingerprint density at radius 2 is 1.82 bits per heavy atom. The highest BCUT2D eigenvalue weighted by atomic mass is 35.5. The lowest BCUT2D eigenvalue weighted by atomic mass is 10.1. The number of benzene rings is 3. The van der Waals surface area contributed by atoms with Crippen molar-refractivity contribution in [2.75, 3.05) is 11.9 Å². The van der Waals surface area contributed by atoms with Crippen LogP contribution in [0.3, 0.4) is 0 Å². The molecule has 0 aliphatic heterocycles. The molecule has 0 unspecified atom stereocenters. The van der Waals surface area contributed by atoms with Crippen LogP contribution < -0.4 is 15.4 Å². The van der Waals surface area contributed by atoms with Gasteiger partial charge in [0.15, 0.2) is 23.2 Å². The third-order valence-corrected chi connectivity index (χ3v) is 5.83. The Labute approximate surface area is 212 Å². The van der Waals surface area contributed by atoms with E-state index >= 15 is 0 Å². The fraction of sp³-hybridized carbons (Fsp3) is 0.160. The van der Waals surface area contributed by atoms with Crippen LogP contribution in [0.4, 0.5) is 5.69 Å². The number of fused-ring (bicyclic) bond motifs is 1. The number of oxazole rings is 1. The molecule has 0 atom stereocenters. The number of amides is 1. The van der Waals surface area contributed by atoms with Crippen LogP contribution in [0, 0.1) is 13.8 Å². The van der Waals surface area contributed by atoms with Gasteiger partial charge in [-0.05, 0) is 79.2 Å². The highest BCUT2D eigenvalue weighted by molar-refractivity contribution is 7.80. The zero-order chi connectivity index (χ0) is 24.2. The Morgan fingerprint density at radius 1 is 1.06 bits per heavy atom. The number of anilines is 1. The molecule has 0 bridgehead atoms. The second-order valence-electron chi connectivity index (χ2n) is 7.75. The minimum atomic E-state index is -0.345. The molecule has 1 amide bonds. The largest absolute Gasteiger partial charge is 0.484 e. The van der Waals surface area contributed by atoms with Crippen LogP contribution in [0.15, 0.2) is 59.0 Å². The lowest BCUT2D eigenvalue weighted by molar-refractivity contribution is -0.121. The van der Waals surface area contributed by atoms with Crippen molar-refractivity contribution in [3.05, 3.63) is 87.2 Å². The molecule has 0 aliphatic rings. The first-order valence-electron chi connectivity index (χ1n) is 10.4. The summed E-state index contributed by atoms with van der Waals surface area (Å²) in [6, 6.07) is 16.6. The lowest BCUT2D eigenvalue weighted by Crippen LogP contribution is -2.37. The average Bonchev–Trinajstić information content (AvgIpc) is 3.18. The van der Waals surface area contributed by atoms with Crippen molar-refractivity contribution in [3.63, 3.8) is 0 Å². The van der Waals surface area contributed by atoms with Crippen molar-refractivity contribution < 1.29 is 13.9 Å². The first kappa shape index (κ1) is 24.0. The lowest BCUT2D eigenvalue weighted by Gasteiger charge is -2.11. The summed E-state index contributed by atoms with van der Waals surface area (Å²) in [5, 5.41) is 6.72. The van der Waals surface area contributed by atoms with E-state index in [2.05, 4.69) is 15.6 Å². The van der Waals surface area contributed by atoms with Gasteiger partial charge < -0.3 is 14.5 Å². The van der Waals surface area contributed by atoms with E-state index in [4.69, 9.17) is 44.6 Å². The molecule has 0 saturated carbocycles. The maximum Gasteiger partial charge on any atom is 0.264 e. The van der Waals surface area contributed by atoms with Crippen LogP contribution in [-0.4, -0.2) is 22.6 Å². The molecule has 0 spiro atoms. The molecule has 0 radical (unpaired) electrons. The zero-order valence-corrected chi connectivity index (χ0v) is 20.8. The number of nitrogens with zero attached hydrogens (tertiary/aromatic N) is 1. The second kappa shape index (κ2) is 10.4. The van der Waals surface area contributed by atoms with Crippen LogP contribution in [0.25, 0.3) is 11.1 Å². The first-order valence-corrected chi connectivity index (χ1v) is 11.6. The Bertz CT molecular complexity index is 1370. The summed E-state index contributed by atoms with van der Waals surface area (Å²) in [5.74, 6) is 0.825. The van der Waals surface area contributed by atoms with Crippen LogP contribution in [0.1, 0.15) is 22.6 Å². The summed E-state index contributed by atoms with van der Waals surface area (Å²) in [6.07, 6.45) is 0.486. The number of nitrogens with one attached hydrogen (secondary N) is 2. The summed E-state index contributed by atoms with van der Waals surface area (Å²) < 4.78 is 11.3. The van der Waals surface area contributed by atoms with Gasteiger partial charge in [0, 0.05) is 17.1 Å². The Balaban J connectivity index is 1.29. The average molecular weight is 514 g/mol. The molecule has 0 saturated heterocycles. The standard InChI is InChI=1S/C25H21Cl2N3O3S/c1-14-3-8-19(9-15(14)2)32-13-22(31)30-25(34)28-18-6-4-16(5-7-18)10-23-29-21-12-17(26)11-20(27)24(21)33-23/h3-9,11-12H,10,13H2,1-2H3,(H2,28,30,31,34). The van der Waals surface area contributed by atoms with Crippen molar-refractivity contribution in [1.29, 1.82) is 0 Å². The number of halogens is 2. The van der Waals surface area contributed by atoms with E-state index in [1.165, 1.54) is 0 Å². The molecule has 3 aromatic carbocycles. The van der Waals surface area contributed by atoms with Crippen molar-refractivity contribution >= 4 is 63.2 Å². The van der Waals surface area contributed by atoms with Crippen LogP contribution >= 0.6 is 35.4 Å². The third kappa shape index (κ3) is 6.05. The maximum atomic E-state index is 12.1. The Morgan fingerprint density at radius 3 is 2.56 bits per heavy atom. The molecule has 34 heavy (non-hydrogen) atoms. The maximum absolute atomic E-state index is 12.1. The molecular weight excluding hydrogens is 493 g/mol. The van der Waals surface area contributed by atoms with E-state index in [0.717, 1.165) is 22.4 Å². The topological polar surface area (TPSA) is 76.4 Å². The molecule has 174 valence electrons. The normalized spacial score (nSPS) is 10.8. The fourth-order valence-electron chi connectivity index (χ4n) is 3.24. The van der Waals surface area contributed by atoms with Crippen molar-refractivity contribution in [3.8, 4) is 5.75 Å². The Hall–Kier alpha value is -3.13. The van der Waals surface area contributed by atoms with Crippen LogP contribution in [0.2, 0.25) is 10.0 Å². The number of hydrogen-bond donors (Lipinski definition) is 2. The monoisotopic (exact) mass is 513 g/mol. The molecule has 2 N–H and O–H groups in total. The quantitative estimate of drug-likeness (QED) is 0.297. The molecule has 6 nitrogen and oxygen atoms in total. The van der Waals surface area contributed by atoms with Crippen molar-refractivity contribution in [2.45, 2.75) is 20.3 Å². The summed E-state index contributed by atoms with van der Waals surface area (Å²) in [4.78, 5) is 16.6. The number of carbonyl (C=O) groups excluding carboxylic acids is 1. The molecular formula is C25H21Cl2N3O3S. The number of carbonyl (C=O) groups is 1. The van der Waals surface area contributed by atoms with E-state index in [0.29, 0.717) is 39.2 Å². The Kier molecular flexibility index (Phi) is 7.36. The fourth-order valence-corrected chi connectivity index (χ4v) is 3.99. The zero-order valence-electron chi connectivity index (χ0n) is 18.4. The predicted molar refractivity (Wildman–Crippen MR) is 139 cm³/mol. The van der Waals surface area contributed by atoms with Gasteiger partial charge >= 0.3 is 0 Å². The minimum absolute atomic E-state index is 0.136. The highest BCUT2D eigenvalue weighted by Gasteiger charge is 2.12. The smallest absolute Gasteiger partial charge is 0.264 e. The predicted octanol–water partition coefficient (Wildman–Crippen LogP) is 6.23. The molecule has 9 heteroatoms. The number of thiocarbonyl (C=S) groups is 1. The number of aryl methyl sites for hydroxylation is 2. The van der Waals surface area contributed by atoms with E-state index in [1.54, 1.807) is 12.1 Å². The van der Waals surface area contributed by atoms with Gasteiger partial charge in [-0.25, -0.2) is 4.98 Å². The molecule has 4 aromatic rings. The van der Waals surface area contributed by atoms with E-state index in [1.807, 2.05) is 56.3 Å². The summed E-state index contributed by atoms with van der Waals surface area (Å²) in [5.41, 5.74) is 5.11. The van der Waals surface area contributed by atoms with Gasteiger partial charge in [-0.15, -0.1) is 0 Å². The minimum Gasteiger partial charge on any atom is -0.484 e. The van der Waals surface area contributed by atoms with E-state index in [-0.39, 0.29) is 17.6 Å². The van der Waals surface area contributed by atoms with E-state index in [9.17, 15) is 4.79 Å².